The minimum absolute atomic E-state index is 0.0716. The summed E-state index contributed by atoms with van der Waals surface area (Å²) in [5, 5.41) is 6.65. The number of primary amides is 1. The van der Waals surface area contributed by atoms with Crippen molar-refractivity contribution in [3.05, 3.63) is 29.5 Å². The van der Waals surface area contributed by atoms with E-state index in [4.69, 9.17) is 10.5 Å². The first kappa shape index (κ1) is 16.8. The van der Waals surface area contributed by atoms with Crippen LogP contribution in [0.5, 0.6) is 5.75 Å². The van der Waals surface area contributed by atoms with Gasteiger partial charge in [-0.05, 0) is 30.7 Å². The Morgan fingerprint density at radius 1 is 1.30 bits per heavy atom. The van der Waals surface area contributed by atoms with E-state index in [-0.39, 0.29) is 18.9 Å². The van der Waals surface area contributed by atoms with Crippen LogP contribution in [0.25, 0.3) is 10.9 Å². The number of aromatic amines is 1. The van der Waals surface area contributed by atoms with Crippen molar-refractivity contribution in [2.75, 3.05) is 26.7 Å². The van der Waals surface area contributed by atoms with E-state index in [1.807, 2.05) is 25.1 Å². The van der Waals surface area contributed by atoms with Gasteiger partial charge in [0.15, 0.2) is 0 Å². The summed E-state index contributed by atoms with van der Waals surface area (Å²) in [6.07, 6.45) is 0.287. The van der Waals surface area contributed by atoms with Gasteiger partial charge in [-0.15, -0.1) is 0 Å². The maximum Gasteiger partial charge on any atom is 0.231 e. The van der Waals surface area contributed by atoms with E-state index in [2.05, 4.69) is 15.6 Å². The molecule has 2 aromatic rings. The summed E-state index contributed by atoms with van der Waals surface area (Å²) in [6.45, 7) is 2.99. The average molecular weight is 318 g/mol. The molecule has 0 unspecified atom stereocenters. The molecule has 0 saturated heterocycles. The monoisotopic (exact) mass is 318 g/mol. The van der Waals surface area contributed by atoms with Crippen molar-refractivity contribution in [2.45, 2.75) is 13.3 Å². The highest BCUT2D eigenvalue weighted by Crippen LogP contribution is 2.26. The Morgan fingerprint density at radius 2 is 2.09 bits per heavy atom. The molecule has 5 N–H and O–H groups in total. The van der Waals surface area contributed by atoms with Crippen LogP contribution >= 0.6 is 0 Å². The van der Waals surface area contributed by atoms with Crippen LogP contribution in [0.15, 0.2) is 18.2 Å². The molecule has 0 aliphatic carbocycles. The summed E-state index contributed by atoms with van der Waals surface area (Å²) in [4.78, 5) is 25.9. The van der Waals surface area contributed by atoms with Gasteiger partial charge in [0.05, 0.1) is 20.1 Å². The Balaban J connectivity index is 1.96. The van der Waals surface area contributed by atoms with Crippen LogP contribution in [0.4, 0.5) is 0 Å². The van der Waals surface area contributed by atoms with Gasteiger partial charge in [-0.3, -0.25) is 9.59 Å². The normalized spacial score (nSPS) is 10.7. The van der Waals surface area contributed by atoms with E-state index in [0.717, 1.165) is 27.9 Å². The second-order valence-electron chi connectivity index (χ2n) is 5.31. The molecule has 7 nitrogen and oxygen atoms in total. The predicted molar refractivity (Wildman–Crippen MR) is 88.4 cm³/mol. The Labute approximate surface area is 134 Å². The van der Waals surface area contributed by atoms with Crippen molar-refractivity contribution in [3.8, 4) is 5.75 Å². The number of carbonyl (C=O) groups excluding carboxylic acids is 2. The van der Waals surface area contributed by atoms with Crippen molar-refractivity contribution in [1.82, 2.24) is 15.6 Å². The number of hydrogen-bond donors (Lipinski definition) is 4. The van der Waals surface area contributed by atoms with Gasteiger partial charge in [0.1, 0.15) is 5.75 Å². The Kier molecular flexibility index (Phi) is 5.59. The quantitative estimate of drug-likeness (QED) is 0.522. The highest BCUT2D eigenvalue weighted by atomic mass is 16.5. The molecule has 23 heavy (non-hydrogen) atoms. The molecular formula is C16H22N4O3. The first-order valence-electron chi connectivity index (χ1n) is 7.42. The highest BCUT2D eigenvalue weighted by Gasteiger charge is 2.13. The van der Waals surface area contributed by atoms with Crippen LogP contribution < -0.4 is 21.1 Å². The van der Waals surface area contributed by atoms with Gasteiger partial charge in [-0.25, -0.2) is 0 Å². The summed E-state index contributed by atoms with van der Waals surface area (Å²) >= 11 is 0. The SMILES string of the molecule is COc1ccc2[nH]c(C)c(CC(=O)NCCNCC(N)=O)c2c1. The number of amides is 2. The Morgan fingerprint density at radius 3 is 2.78 bits per heavy atom. The van der Waals surface area contributed by atoms with Crippen LogP contribution in [-0.4, -0.2) is 43.5 Å². The van der Waals surface area contributed by atoms with Crippen LogP contribution in [-0.2, 0) is 16.0 Å². The minimum atomic E-state index is -0.417. The zero-order valence-corrected chi connectivity index (χ0v) is 13.4. The maximum absolute atomic E-state index is 12.1. The van der Waals surface area contributed by atoms with Gasteiger partial charge < -0.3 is 26.1 Å². The number of H-pyrrole nitrogens is 1. The first-order valence-corrected chi connectivity index (χ1v) is 7.42. The van der Waals surface area contributed by atoms with Gasteiger partial charge in [-0.2, -0.15) is 0 Å². The van der Waals surface area contributed by atoms with Gasteiger partial charge in [-0.1, -0.05) is 0 Å². The zero-order chi connectivity index (χ0) is 16.8. The molecule has 1 heterocycles. The number of nitrogens with one attached hydrogen (secondary N) is 3. The van der Waals surface area contributed by atoms with Crippen molar-refractivity contribution in [2.24, 2.45) is 5.73 Å². The number of fused-ring (bicyclic) bond motifs is 1. The fourth-order valence-corrected chi connectivity index (χ4v) is 2.44. The topological polar surface area (TPSA) is 109 Å². The second kappa shape index (κ2) is 7.64. The molecular weight excluding hydrogens is 296 g/mol. The number of methoxy groups -OCH3 is 1. The van der Waals surface area contributed by atoms with Crippen molar-refractivity contribution < 1.29 is 14.3 Å². The van der Waals surface area contributed by atoms with Crippen LogP contribution in [0.3, 0.4) is 0 Å². The number of aromatic nitrogens is 1. The number of ether oxygens (including phenoxy) is 1. The molecule has 0 fully saturated rings. The van der Waals surface area contributed by atoms with Gasteiger partial charge in [0.2, 0.25) is 11.8 Å². The predicted octanol–water partition coefficient (Wildman–Crippen LogP) is 0.219. The van der Waals surface area contributed by atoms with E-state index < -0.39 is 5.91 Å². The minimum Gasteiger partial charge on any atom is -0.497 e. The molecule has 1 aromatic carbocycles. The highest BCUT2D eigenvalue weighted by molar-refractivity contribution is 5.91. The first-order chi connectivity index (χ1) is 11.0. The molecule has 2 amide bonds. The third-order valence-electron chi connectivity index (χ3n) is 3.59. The third kappa shape index (κ3) is 4.46. The molecule has 0 saturated carbocycles. The van der Waals surface area contributed by atoms with Crippen LogP contribution in [0, 0.1) is 6.92 Å². The van der Waals surface area contributed by atoms with Crippen molar-refractivity contribution in [1.29, 1.82) is 0 Å². The van der Waals surface area contributed by atoms with Gasteiger partial charge in [0.25, 0.3) is 0 Å². The average Bonchev–Trinajstić information content (AvgIpc) is 2.82. The number of hydrogen-bond acceptors (Lipinski definition) is 4. The van der Waals surface area contributed by atoms with E-state index in [1.165, 1.54) is 0 Å². The molecule has 0 aliphatic rings. The Bertz CT molecular complexity index is 709. The molecule has 1 aromatic heterocycles. The van der Waals surface area contributed by atoms with Gasteiger partial charge in [0, 0.05) is 29.7 Å². The fraction of sp³-hybridized carbons (Fsp3) is 0.375. The lowest BCUT2D eigenvalue weighted by Crippen LogP contribution is -2.36. The molecule has 0 bridgehead atoms. The maximum atomic E-state index is 12.1. The summed E-state index contributed by atoms with van der Waals surface area (Å²) in [5.74, 6) is 0.270. The number of benzene rings is 1. The molecule has 2 rings (SSSR count). The standard InChI is InChI=1S/C16H22N4O3/c1-10-12(8-16(22)19-6-5-18-9-15(17)21)13-7-11(23-2)3-4-14(13)20-10/h3-4,7,18,20H,5-6,8-9H2,1-2H3,(H2,17,21)(H,19,22). The third-order valence-corrected chi connectivity index (χ3v) is 3.59. The van der Waals surface area contributed by atoms with Crippen LogP contribution in [0.1, 0.15) is 11.3 Å². The summed E-state index contributed by atoms with van der Waals surface area (Å²) in [6, 6.07) is 5.75. The largest absolute Gasteiger partial charge is 0.497 e. The fourth-order valence-electron chi connectivity index (χ4n) is 2.44. The van der Waals surface area contributed by atoms with E-state index >= 15 is 0 Å². The number of aryl methyl sites for hydroxylation is 1. The lowest BCUT2D eigenvalue weighted by molar-refractivity contribution is -0.120. The molecule has 0 radical (unpaired) electrons. The van der Waals surface area contributed by atoms with Crippen LogP contribution in [0.2, 0.25) is 0 Å². The molecule has 7 heteroatoms. The van der Waals surface area contributed by atoms with Crippen molar-refractivity contribution in [3.63, 3.8) is 0 Å². The Hall–Kier alpha value is -2.54. The van der Waals surface area contributed by atoms with Gasteiger partial charge >= 0.3 is 0 Å². The molecule has 124 valence electrons. The molecule has 0 aliphatic heterocycles. The lowest BCUT2D eigenvalue weighted by atomic mass is 10.1. The lowest BCUT2D eigenvalue weighted by Gasteiger charge is -2.06. The van der Waals surface area contributed by atoms with E-state index in [1.54, 1.807) is 7.11 Å². The second-order valence-corrected chi connectivity index (χ2v) is 5.31. The summed E-state index contributed by atoms with van der Waals surface area (Å²) in [7, 11) is 1.62. The molecule has 0 spiro atoms. The summed E-state index contributed by atoms with van der Waals surface area (Å²) < 4.78 is 5.24. The summed E-state index contributed by atoms with van der Waals surface area (Å²) in [5.41, 5.74) is 7.92. The number of rotatable bonds is 8. The zero-order valence-electron chi connectivity index (χ0n) is 13.4. The molecule has 0 atom stereocenters. The number of carbonyl (C=O) groups is 2. The van der Waals surface area contributed by atoms with Crippen molar-refractivity contribution >= 4 is 22.7 Å². The smallest absolute Gasteiger partial charge is 0.231 e. The van der Waals surface area contributed by atoms with E-state index in [9.17, 15) is 9.59 Å². The van der Waals surface area contributed by atoms with E-state index in [0.29, 0.717) is 13.1 Å². The number of nitrogens with two attached hydrogens (primary N) is 1.